The lowest BCUT2D eigenvalue weighted by molar-refractivity contribution is -0.122. The van der Waals surface area contributed by atoms with Crippen LogP contribution >= 0.6 is 0 Å². The van der Waals surface area contributed by atoms with Crippen LogP contribution in [-0.2, 0) is 4.79 Å². The molecule has 0 spiro atoms. The molecule has 7 nitrogen and oxygen atoms in total. The number of nitrogens with zero attached hydrogens (tertiary/aromatic N) is 1. The fourth-order valence-electron chi connectivity index (χ4n) is 4.39. The SMILES string of the molecule is O=C(NC1CCCCNC1=O)c1ccc2c(c1)C(=O)N(C1CCCCC1)C2=O. The highest BCUT2D eigenvalue weighted by molar-refractivity contribution is 6.22. The number of nitrogens with one attached hydrogen (secondary N) is 2. The van der Waals surface area contributed by atoms with E-state index in [0.29, 0.717) is 24.1 Å². The molecule has 7 heteroatoms. The van der Waals surface area contributed by atoms with Crippen molar-refractivity contribution in [2.75, 3.05) is 6.54 Å². The fourth-order valence-corrected chi connectivity index (χ4v) is 4.39. The van der Waals surface area contributed by atoms with E-state index in [1.807, 2.05) is 0 Å². The molecule has 0 aromatic heterocycles. The number of fused-ring (bicyclic) bond motifs is 1. The first-order chi connectivity index (χ1) is 13.6. The lowest BCUT2D eigenvalue weighted by atomic mass is 9.94. The predicted octanol–water partition coefficient (Wildman–Crippen LogP) is 2.01. The fraction of sp³-hybridized carbons (Fsp3) is 0.524. The molecule has 2 heterocycles. The van der Waals surface area contributed by atoms with Gasteiger partial charge >= 0.3 is 0 Å². The summed E-state index contributed by atoms with van der Waals surface area (Å²) in [5.74, 6) is -1.15. The summed E-state index contributed by atoms with van der Waals surface area (Å²) in [7, 11) is 0. The van der Waals surface area contributed by atoms with Crippen molar-refractivity contribution in [1.82, 2.24) is 15.5 Å². The number of carbonyl (C=O) groups excluding carboxylic acids is 4. The molecule has 2 aliphatic heterocycles. The zero-order valence-corrected chi connectivity index (χ0v) is 15.8. The second kappa shape index (κ2) is 7.73. The average molecular weight is 383 g/mol. The van der Waals surface area contributed by atoms with Crippen molar-refractivity contribution < 1.29 is 19.2 Å². The maximum absolute atomic E-state index is 12.9. The zero-order chi connectivity index (χ0) is 19.7. The van der Waals surface area contributed by atoms with Crippen LogP contribution in [0.1, 0.15) is 82.4 Å². The molecule has 1 aliphatic carbocycles. The molecule has 1 saturated heterocycles. The van der Waals surface area contributed by atoms with Crippen molar-refractivity contribution in [3.63, 3.8) is 0 Å². The van der Waals surface area contributed by atoms with E-state index in [9.17, 15) is 19.2 Å². The molecule has 4 rings (SSSR count). The van der Waals surface area contributed by atoms with Gasteiger partial charge in [-0.1, -0.05) is 19.3 Å². The quantitative estimate of drug-likeness (QED) is 0.781. The summed E-state index contributed by atoms with van der Waals surface area (Å²) >= 11 is 0. The molecule has 1 unspecified atom stereocenters. The van der Waals surface area contributed by atoms with Gasteiger partial charge in [-0.15, -0.1) is 0 Å². The van der Waals surface area contributed by atoms with Crippen molar-refractivity contribution in [2.45, 2.75) is 63.5 Å². The van der Waals surface area contributed by atoms with E-state index in [1.165, 1.54) is 11.0 Å². The van der Waals surface area contributed by atoms with Gasteiger partial charge in [-0.25, -0.2) is 0 Å². The van der Waals surface area contributed by atoms with Gasteiger partial charge in [0.15, 0.2) is 0 Å². The number of hydrogen-bond donors (Lipinski definition) is 2. The summed E-state index contributed by atoms with van der Waals surface area (Å²) in [4.78, 5) is 51.7. The van der Waals surface area contributed by atoms with E-state index in [-0.39, 0.29) is 29.3 Å². The van der Waals surface area contributed by atoms with Gasteiger partial charge in [0.25, 0.3) is 17.7 Å². The van der Waals surface area contributed by atoms with E-state index >= 15 is 0 Å². The Kier molecular flexibility index (Phi) is 5.15. The molecular weight excluding hydrogens is 358 g/mol. The maximum Gasteiger partial charge on any atom is 0.261 e. The Balaban J connectivity index is 1.52. The maximum atomic E-state index is 12.9. The lowest BCUT2D eigenvalue weighted by Gasteiger charge is -2.29. The van der Waals surface area contributed by atoms with Crippen LogP contribution in [0.25, 0.3) is 0 Å². The summed E-state index contributed by atoms with van der Waals surface area (Å²) < 4.78 is 0. The van der Waals surface area contributed by atoms with E-state index in [2.05, 4.69) is 10.6 Å². The molecule has 0 bridgehead atoms. The number of benzene rings is 1. The minimum absolute atomic E-state index is 0.0480. The Labute approximate surface area is 163 Å². The number of imide groups is 1. The summed E-state index contributed by atoms with van der Waals surface area (Å²) in [6.07, 6.45) is 7.21. The second-order valence-corrected chi connectivity index (χ2v) is 7.85. The van der Waals surface area contributed by atoms with E-state index in [1.54, 1.807) is 12.1 Å². The number of carbonyl (C=O) groups is 4. The number of hydrogen-bond acceptors (Lipinski definition) is 4. The Bertz CT molecular complexity index is 829. The van der Waals surface area contributed by atoms with Gasteiger partial charge in [-0.3, -0.25) is 24.1 Å². The van der Waals surface area contributed by atoms with Gasteiger partial charge in [-0.2, -0.15) is 0 Å². The van der Waals surface area contributed by atoms with Crippen LogP contribution in [-0.4, -0.2) is 47.2 Å². The topological polar surface area (TPSA) is 95.6 Å². The van der Waals surface area contributed by atoms with Crippen molar-refractivity contribution in [2.24, 2.45) is 0 Å². The molecule has 0 radical (unpaired) electrons. The van der Waals surface area contributed by atoms with Crippen molar-refractivity contribution >= 4 is 23.6 Å². The predicted molar refractivity (Wildman–Crippen MR) is 102 cm³/mol. The third-order valence-electron chi connectivity index (χ3n) is 5.96. The van der Waals surface area contributed by atoms with Gasteiger partial charge in [0, 0.05) is 18.2 Å². The highest BCUT2D eigenvalue weighted by atomic mass is 16.2. The summed E-state index contributed by atoms with van der Waals surface area (Å²) in [6, 6.07) is 3.98. The molecular formula is C21H25N3O4. The minimum atomic E-state index is -0.570. The van der Waals surface area contributed by atoms with E-state index < -0.39 is 11.9 Å². The first-order valence-corrected chi connectivity index (χ1v) is 10.2. The number of amides is 4. The Morgan fingerprint density at radius 1 is 0.929 bits per heavy atom. The molecule has 2 fully saturated rings. The molecule has 2 N–H and O–H groups in total. The zero-order valence-electron chi connectivity index (χ0n) is 15.8. The smallest absolute Gasteiger partial charge is 0.261 e. The largest absolute Gasteiger partial charge is 0.354 e. The summed E-state index contributed by atoms with van der Waals surface area (Å²) in [6.45, 7) is 0.623. The molecule has 1 atom stereocenters. The van der Waals surface area contributed by atoms with Crippen LogP contribution in [0.3, 0.4) is 0 Å². The highest BCUT2D eigenvalue weighted by Crippen LogP contribution is 2.31. The average Bonchev–Trinajstić information content (AvgIpc) is 2.83. The molecule has 1 aromatic carbocycles. The molecule has 148 valence electrons. The molecule has 1 saturated carbocycles. The Hall–Kier alpha value is -2.70. The van der Waals surface area contributed by atoms with E-state index in [4.69, 9.17) is 0 Å². The summed E-state index contributed by atoms with van der Waals surface area (Å²) in [5.41, 5.74) is 0.940. The van der Waals surface area contributed by atoms with Crippen LogP contribution < -0.4 is 10.6 Å². The third-order valence-corrected chi connectivity index (χ3v) is 5.96. The monoisotopic (exact) mass is 383 g/mol. The first kappa shape index (κ1) is 18.7. The van der Waals surface area contributed by atoms with Crippen LogP contribution in [0.5, 0.6) is 0 Å². The van der Waals surface area contributed by atoms with Crippen molar-refractivity contribution in [1.29, 1.82) is 0 Å². The Morgan fingerprint density at radius 3 is 2.43 bits per heavy atom. The molecule has 28 heavy (non-hydrogen) atoms. The van der Waals surface area contributed by atoms with E-state index in [0.717, 1.165) is 44.9 Å². The molecule has 3 aliphatic rings. The van der Waals surface area contributed by atoms with Gasteiger partial charge in [-0.05, 0) is 50.3 Å². The van der Waals surface area contributed by atoms with Crippen LogP contribution in [0.2, 0.25) is 0 Å². The number of rotatable bonds is 3. The highest BCUT2D eigenvalue weighted by Gasteiger charge is 2.40. The standard InChI is InChI=1S/C21H25N3O4/c25-18(23-17-8-4-5-11-22-19(17)26)13-9-10-15-16(12-13)21(28)24(20(15)27)14-6-2-1-3-7-14/h9-10,12,14,17H,1-8,11H2,(H,22,26)(H,23,25). The van der Waals surface area contributed by atoms with Crippen LogP contribution in [0.4, 0.5) is 0 Å². The molecule has 1 aromatic rings. The first-order valence-electron chi connectivity index (χ1n) is 10.2. The Morgan fingerprint density at radius 2 is 1.64 bits per heavy atom. The summed E-state index contributed by atoms with van der Waals surface area (Å²) in [5, 5.41) is 5.54. The van der Waals surface area contributed by atoms with Crippen molar-refractivity contribution in [3.05, 3.63) is 34.9 Å². The van der Waals surface area contributed by atoms with Gasteiger partial charge in [0.1, 0.15) is 6.04 Å². The minimum Gasteiger partial charge on any atom is -0.354 e. The van der Waals surface area contributed by atoms with Gasteiger partial charge in [0.2, 0.25) is 5.91 Å². The van der Waals surface area contributed by atoms with Crippen LogP contribution in [0, 0.1) is 0 Å². The molecule has 4 amide bonds. The van der Waals surface area contributed by atoms with Crippen molar-refractivity contribution in [3.8, 4) is 0 Å². The third kappa shape index (κ3) is 3.41. The van der Waals surface area contributed by atoms with Crippen LogP contribution in [0.15, 0.2) is 18.2 Å². The van der Waals surface area contributed by atoms with Gasteiger partial charge < -0.3 is 10.6 Å². The normalized spacial score (nSPS) is 23.2. The lowest BCUT2D eigenvalue weighted by Crippen LogP contribution is -2.45. The van der Waals surface area contributed by atoms with Gasteiger partial charge in [0.05, 0.1) is 11.1 Å². The second-order valence-electron chi connectivity index (χ2n) is 7.85.